The molecule has 0 aromatic heterocycles. The van der Waals surface area contributed by atoms with E-state index >= 15 is 0 Å². The second kappa shape index (κ2) is 8.60. The molecule has 1 amide bonds. The van der Waals surface area contributed by atoms with Crippen LogP contribution in [0.1, 0.15) is 18.9 Å². The minimum absolute atomic E-state index is 0.145. The molecule has 1 unspecified atom stereocenters. The van der Waals surface area contributed by atoms with Crippen LogP contribution < -0.4 is 14.9 Å². The fourth-order valence-electron chi connectivity index (χ4n) is 3.10. The standard InChI is InChI=1S/C20H24FN3O3S/c1-15(20(25)22-12-11-16-3-5-17(21)6-4-16)23-18-7-9-19(10-8-18)24-13-2-14-28(24,26)27/h3-10,15,23H,2,11-14H2,1H3,(H,22,25). The summed E-state index contributed by atoms with van der Waals surface area (Å²) in [7, 11) is -3.20. The van der Waals surface area contributed by atoms with E-state index < -0.39 is 16.1 Å². The quantitative estimate of drug-likeness (QED) is 0.742. The van der Waals surface area contributed by atoms with Gasteiger partial charge in [-0.1, -0.05) is 12.1 Å². The molecule has 1 saturated heterocycles. The molecule has 0 saturated carbocycles. The van der Waals surface area contributed by atoms with Gasteiger partial charge in [0.25, 0.3) is 0 Å². The highest BCUT2D eigenvalue weighted by molar-refractivity contribution is 7.93. The number of amides is 1. The van der Waals surface area contributed by atoms with Gasteiger partial charge in [0.1, 0.15) is 11.9 Å². The molecule has 1 aliphatic heterocycles. The third kappa shape index (κ3) is 5.01. The number of hydrogen-bond donors (Lipinski definition) is 2. The van der Waals surface area contributed by atoms with E-state index in [2.05, 4.69) is 10.6 Å². The summed E-state index contributed by atoms with van der Waals surface area (Å²) in [5, 5.41) is 5.96. The van der Waals surface area contributed by atoms with Gasteiger partial charge in [0.05, 0.1) is 11.4 Å². The Balaban J connectivity index is 1.49. The van der Waals surface area contributed by atoms with Crippen LogP contribution in [0.2, 0.25) is 0 Å². The highest BCUT2D eigenvalue weighted by Gasteiger charge is 2.28. The fraction of sp³-hybridized carbons (Fsp3) is 0.350. The summed E-state index contributed by atoms with van der Waals surface area (Å²) in [5.74, 6) is -0.241. The number of carbonyl (C=O) groups excluding carboxylic acids is 1. The lowest BCUT2D eigenvalue weighted by Crippen LogP contribution is -2.38. The maximum Gasteiger partial charge on any atom is 0.242 e. The molecule has 1 fully saturated rings. The van der Waals surface area contributed by atoms with Crippen molar-refractivity contribution in [3.63, 3.8) is 0 Å². The molecule has 2 aromatic rings. The second-order valence-electron chi connectivity index (χ2n) is 6.82. The topological polar surface area (TPSA) is 78.5 Å². The molecule has 150 valence electrons. The Morgan fingerprint density at radius 2 is 1.82 bits per heavy atom. The number of sulfonamides is 1. The van der Waals surface area contributed by atoms with Crippen molar-refractivity contribution >= 4 is 27.3 Å². The Labute approximate surface area is 164 Å². The van der Waals surface area contributed by atoms with Crippen molar-refractivity contribution in [2.24, 2.45) is 0 Å². The molecule has 0 radical (unpaired) electrons. The Bertz CT molecular complexity index is 915. The van der Waals surface area contributed by atoms with Gasteiger partial charge >= 0.3 is 0 Å². The van der Waals surface area contributed by atoms with Crippen LogP contribution in [0, 0.1) is 5.82 Å². The van der Waals surface area contributed by atoms with Crippen molar-refractivity contribution in [3.8, 4) is 0 Å². The third-order valence-electron chi connectivity index (χ3n) is 4.66. The second-order valence-corrected chi connectivity index (χ2v) is 8.83. The van der Waals surface area contributed by atoms with E-state index in [0.29, 0.717) is 31.6 Å². The number of rotatable bonds is 7. The van der Waals surface area contributed by atoms with Crippen LogP contribution >= 0.6 is 0 Å². The molecular formula is C20H24FN3O3S. The predicted molar refractivity (Wildman–Crippen MR) is 108 cm³/mol. The maximum atomic E-state index is 12.9. The Morgan fingerprint density at radius 3 is 2.43 bits per heavy atom. The average molecular weight is 405 g/mol. The van der Waals surface area contributed by atoms with Crippen LogP contribution in [0.25, 0.3) is 0 Å². The van der Waals surface area contributed by atoms with E-state index in [4.69, 9.17) is 0 Å². The fourth-order valence-corrected chi connectivity index (χ4v) is 4.67. The van der Waals surface area contributed by atoms with Gasteiger partial charge in [-0.3, -0.25) is 9.10 Å². The van der Waals surface area contributed by atoms with E-state index in [-0.39, 0.29) is 17.5 Å². The summed E-state index contributed by atoms with van der Waals surface area (Å²) >= 11 is 0. The largest absolute Gasteiger partial charge is 0.374 e. The molecule has 2 N–H and O–H groups in total. The van der Waals surface area contributed by atoms with E-state index in [1.807, 2.05) is 0 Å². The third-order valence-corrected chi connectivity index (χ3v) is 6.53. The first kappa shape index (κ1) is 20.1. The molecular weight excluding hydrogens is 381 g/mol. The van der Waals surface area contributed by atoms with E-state index in [9.17, 15) is 17.6 Å². The van der Waals surface area contributed by atoms with Crippen molar-refractivity contribution in [1.82, 2.24) is 5.32 Å². The molecule has 1 atom stereocenters. The number of halogens is 1. The predicted octanol–water partition coefficient (Wildman–Crippen LogP) is 2.52. The SMILES string of the molecule is CC(Nc1ccc(N2CCCS2(=O)=O)cc1)C(=O)NCCc1ccc(F)cc1. The number of carbonyl (C=O) groups is 1. The monoisotopic (exact) mass is 405 g/mol. The van der Waals surface area contributed by atoms with Gasteiger partial charge in [0, 0.05) is 18.8 Å². The first-order chi connectivity index (χ1) is 13.3. The summed E-state index contributed by atoms with van der Waals surface area (Å²) in [6.45, 7) is 2.72. The summed E-state index contributed by atoms with van der Waals surface area (Å²) in [4.78, 5) is 12.2. The van der Waals surface area contributed by atoms with Crippen molar-refractivity contribution in [2.75, 3.05) is 28.5 Å². The van der Waals surface area contributed by atoms with Gasteiger partial charge in [-0.05, 0) is 61.7 Å². The number of hydrogen-bond acceptors (Lipinski definition) is 4. The van der Waals surface area contributed by atoms with Crippen molar-refractivity contribution < 1.29 is 17.6 Å². The molecule has 3 rings (SSSR count). The number of nitrogens with one attached hydrogen (secondary N) is 2. The summed E-state index contributed by atoms with van der Waals surface area (Å²) < 4.78 is 38.3. The minimum atomic E-state index is -3.20. The first-order valence-electron chi connectivity index (χ1n) is 9.24. The molecule has 1 aliphatic rings. The molecule has 0 bridgehead atoms. The molecule has 28 heavy (non-hydrogen) atoms. The van der Waals surface area contributed by atoms with Gasteiger partial charge in [-0.15, -0.1) is 0 Å². The molecule has 1 heterocycles. The molecule has 2 aromatic carbocycles. The zero-order valence-corrected chi connectivity index (χ0v) is 16.5. The molecule has 6 nitrogen and oxygen atoms in total. The first-order valence-corrected chi connectivity index (χ1v) is 10.9. The maximum absolute atomic E-state index is 12.9. The Hall–Kier alpha value is -2.61. The summed E-state index contributed by atoms with van der Waals surface area (Å²) in [6.07, 6.45) is 1.26. The van der Waals surface area contributed by atoms with Crippen LogP contribution in [0.15, 0.2) is 48.5 Å². The summed E-state index contributed by atoms with van der Waals surface area (Å²) in [6, 6.07) is 12.8. The van der Waals surface area contributed by atoms with E-state index in [1.165, 1.54) is 16.4 Å². The highest BCUT2D eigenvalue weighted by Crippen LogP contribution is 2.25. The van der Waals surface area contributed by atoms with Crippen molar-refractivity contribution in [3.05, 3.63) is 59.9 Å². The lowest BCUT2D eigenvalue weighted by Gasteiger charge is -2.19. The van der Waals surface area contributed by atoms with Crippen LogP contribution in [0.3, 0.4) is 0 Å². The van der Waals surface area contributed by atoms with Gasteiger partial charge in [-0.2, -0.15) is 0 Å². The van der Waals surface area contributed by atoms with Crippen LogP contribution in [0.5, 0.6) is 0 Å². The average Bonchev–Trinajstić information content (AvgIpc) is 3.03. The minimum Gasteiger partial charge on any atom is -0.374 e. The Kier molecular flexibility index (Phi) is 6.18. The van der Waals surface area contributed by atoms with Crippen LogP contribution in [-0.2, 0) is 21.2 Å². The number of nitrogens with zero attached hydrogens (tertiary/aromatic N) is 1. The summed E-state index contributed by atoms with van der Waals surface area (Å²) in [5.41, 5.74) is 2.33. The zero-order valence-electron chi connectivity index (χ0n) is 15.7. The van der Waals surface area contributed by atoms with Crippen LogP contribution in [0.4, 0.5) is 15.8 Å². The lowest BCUT2D eigenvalue weighted by molar-refractivity contribution is -0.121. The normalized spacial score (nSPS) is 16.6. The van der Waals surface area contributed by atoms with Gasteiger partial charge in [-0.25, -0.2) is 12.8 Å². The van der Waals surface area contributed by atoms with Gasteiger partial charge < -0.3 is 10.6 Å². The number of anilines is 2. The van der Waals surface area contributed by atoms with Crippen LogP contribution in [-0.4, -0.2) is 39.2 Å². The van der Waals surface area contributed by atoms with Gasteiger partial charge in [0.15, 0.2) is 0 Å². The lowest BCUT2D eigenvalue weighted by atomic mass is 10.1. The molecule has 8 heteroatoms. The highest BCUT2D eigenvalue weighted by atomic mass is 32.2. The molecule has 0 aliphatic carbocycles. The van der Waals surface area contributed by atoms with Crippen molar-refractivity contribution in [1.29, 1.82) is 0 Å². The van der Waals surface area contributed by atoms with Crippen molar-refractivity contribution in [2.45, 2.75) is 25.8 Å². The molecule has 0 spiro atoms. The zero-order chi connectivity index (χ0) is 20.1. The smallest absolute Gasteiger partial charge is 0.242 e. The Morgan fingerprint density at radius 1 is 1.14 bits per heavy atom. The van der Waals surface area contributed by atoms with E-state index in [0.717, 1.165) is 11.3 Å². The van der Waals surface area contributed by atoms with Gasteiger partial charge in [0.2, 0.25) is 15.9 Å². The van der Waals surface area contributed by atoms with E-state index in [1.54, 1.807) is 43.3 Å². The number of benzene rings is 2.